The van der Waals surface area contributed by atoms with Gasteiger partial charge in [-0.1, -0.05) is 42.5 Å². The quantitative estimate of drug-likeness (QED) is 0.731. The van der Waals surface area contributed by atoms with Crippen LogP contribution in [0, 0.1) is 5.82 Å². The third-order valence-corrected chi connectivity index (χ3v) is 3.79. The molecule has 0 aliphatic rings. The van der Waals surface area contributed by atoms with Gasteiger partial charge in [-0.25, -0.2) is 9.18 Å². The maximum atomic E-state index is 12.8. The maximum Gasteiger partial charge on any atom is 0.315 e. The van der Waals surface area contributed by atoms with E-state index in [-0.39, 0.29) is 18.4 Å². The molecule has 0 radical (unpaired) electrons. The average molecular weight is 330 g/mol. The highest BCUT2D eigenvalue weighted by Crippen LogP contribution is 2.13. The molecule has 0 saturated heterocycles. The van der Waals surface area contributed by atoms with E-state index in [9.17, 15) is 14.3 Å². The smallest absolute Gasteiger partial charge is 0.315 e. The Balaban J connectivity index is 1.70. The zero-order valence-electron chi connectivity index (χ0n) is 13.8. The van der Waals surface area contributed by atoms with E-state index < -0.39 is 5.60 Å². The van der Waals surface area contributed by atoms with E-state index in [4.69, 9.17) is 0 Å². The minimum Gasteiger partial charge on any atom is -0.388 e. The van der Waals surface area contributed by atoms with Crippen LogP contribution < -0.4 is 10.6 Å². The summed E-state index contributed by atoms with van der Waals surface area (Å²) in [5.41, 5.74) is 0.976. The molecule has 2 amide bonds. The van der Waals surface area contributed by atoms with E-state index >= 15 is 0 Å². The number of carbonyl (C=O) groups is 1. The van der Waals surface area contributed by atoms with Gasteiger partial charge in [-0.3, -0.25) is 0 Å². The molecule has 1 atom stereocenters. The number of halogens is 1. The van der Waals surface area contributed by atoms with E-state index in [0.29, 0.717) is 13.0 Å². The van der Waals surface area contributed by atoms with Crippen LogP contribution in [0.1, 0.15) is 24.5 Å². The number of rotatable bonds is 7. The van der Waals surface area contributed by atoms with Gasteiger partial charge in [0.2, 0.25) is 0 Å². The van der Waals surface area contributed by atoms with Crippen LogP contribution in [0.5, 0.6) is 0 Å². The van der Waals surface area contributed by atoms with Crippen LogP contribution in [0.3, 0.4) is 0 Å². The number of urea groups is 1. The lowest BCUT2D eigenvalue weighted by molar-refractivity contribution is 0.0534. The summed E-state index contributed by atoms with van der Waals surface area (Å²) in [6.07, 6.45) is 1.29. The molecule has 2 aromatic rings. The minimum atomic E-state index is -0.983. The third-order valence-electron chi connectivity index (χ3n) is 3.79. The second-order valence-electron chi connectivity index (χ2n) is 6.15. The molecule has 0 aliphatic carbocycles. The highest BCUT2D eigenvalue weighted by Gasteiger charge is 2.20. The van der Waals surface area contributed by atoms with Gasteiger partial charge in [0.05, 0.1) is 5.60 Å². The second-order valence-corrected chi connectivity index (χ2v) is 6.15. The van der Waals surface area contributed by atoms with Crippen LogP contribution in [0.25, 0.3) is 0 Å². The van der Waals surface area contributed by atoms with Gasteiger partial charge in [0.15, 0.2) is 0 Å². The van der Waals surface area contributed by atoms with E-state index in [0.717, 1.165) is 17.5 Å². The van der Waals surface area contributed by atoms with Gasteiger partial charge in [-0.05, 0) is 43.0 Å². The first kappa shape index (κ1) is 17.9. The monoisotopic (exact) mass is 330 g/mol. The third kappa shape index (κ3) is 6.38. The number of hydrogen-bond donors (Lipinski definition) is 3. The Hall–Kier alpha value is -2.40. The lowest BCUT2D eigenvalue weighted by atomic mass is 9.97. The van der Waals surface area contributed by atoms with Crippen molar-refractivity contribution in [2.24, 2.45) is 0 Å². The highest BCUT2D eigenvalue weighted by atomic mass is 19.1. The first-order valence-corrected chi connectivity index (χ1v) is 7.97. The molecule has 0 fully saturated rings. The largest absolute Gasteiger partial charge is 0.388 e. The zero-order chi connectivity index (χ0) is 17.4. The lowest BCUT2D eigenvalue weighted by Gasteiger charge is -2.23. The summed E-state index contributed by atoms with van der Waals surface area (Å²) in [6.45, 7) is 2.17. The summed E-state index contributed by atoms with van der Waals surface area (Å²) in [7, 11) is 0. The van der Waals surface area contributed by atoms with Crippen molar-refractivity contribution in [3.63, 3.8) is 0 Å². The van der Waals surface area contributed by atoms with Gasteiger partial charge in [0.1, 0.15) is 5.82 Å². The minimum absolute atomic E-state index is 0.162. The molecule has 128 valence electrons. The number of nitrogens with one attached hydrogen (secondary N) is 2. The topological polar surface area (TPSA) is 61.4 Å². The van der Waals surface area contributed by atoms with E-state index in [1.54, 1.807) is 19.1 Å². The van der Waals surface area contributed by atoms with E-state index in [1.165, 1.54) is 12.1 Å². The summed E-state index contributed by atoms with van der Waals surface area (Å²) in [5.74, 6) is -0.308. The van der Waals surface area contributed by atoms with Crippen molar-refractivity contribution in [2.75, 3.05) is 6.54 Å². The molecule has 0 bridgehead atoms. The predicted molar refractivity (Wildman–Crippen MR) is 92.0 cm³/mol. The van der Waals surface area contributed by atoms with E-state index in [1.807, 2.05) is 30.3 Å². The summed E-state index contributed by atoms with van der Waals surface area (Å²) < 4.78 is 12.8. The van der Waals surface area contributed by atoms with Crippen LogP contribution in [0.15, 0.2) is 54.6 Å². The summed E-state index contributed by atoms with van der Waals surface area (Å²) in [4.78, 5) is 11.8. The maximum absolute atomic E-state index is 12.8. The molecule has 0 unspecified atom stereocenters. The molecule has 0 aromatic heterocycles. The van der Waals surface area contributed by atoms with Crippen molar-refractivity contribution in [1.82, 2.24) is 10.6 Å². The second kappa shape index (κ2) is 8.45. The Morgan fingerprint density at radius 1 is 1.04 bits per heavy atom. The van der Waals surface area contributed by atoms with Crippen molar-refractivity contribution in [2.45, 2.75) is 31.9 Å². The number of aliphatic hydroxyl groups is 1. The van der Waals surface area contributed by atoms with Crippen molar-refractivity contribution >= 4 is 6.03 Å². The molecule has 0 spiro atoms. The number of amides is 2. The first-order valence-electron chi connectivity index (χ1n) is 7.97. The van der Waals surface area contributed by atoms with Crippen molar-refractivity contribution < 1.29 is 14.3 Å². The van der Waals surface area contributed by atoms with Crippen LogP contribution in [0.4, 0.5) is 9.18 Å². The Morgan fingerprint density at radius 3 is 2.38 bits per heavy atom. The van der Waals surface area contributed by atoms with Gasteiger partial charge in [0, 0.05) is 13.1 Å². The van der Waals surface area contributed by atoms with Gasteiger partial charge in [-0.15, -0.1) is 0 Å². The Bertz CT molecular complexity index is 642. The molecular weight excluding hydrogens is 307 g/mol. The normalized spacial score (nSPS) is 13.1. The number of hydrogen-bond acceptors (Lipinski definition) is 2. The van der Waals surface area contributed by atoms with E-state index in [2.05, 4.69) is 10.6 Å². The summed E-state index contributed by atoms with van der Waals surface area (Å²) >= 11 is 0. The SMILES string of the molecule is C[C@@](O)(CCc1ccccc1)CNC(=O)NCc1ccc(F)cc1. The molecule has 3 N–H and O–H groups in total. The molecular formula is C19H23FN2O2. The molecule has 2 rings (SSSR count). The standard InChI is InChI=1S/C19H23FN2O2/c1-19(24,12-11-15-5-3-2-4-6-15)14-22-18(23)21-13-16-7-9-17(20)10-8-16/h2-10,24H,11-14H2,1H3,(H2,21,22,23)/t19-/m1/s1. The van der Waals surface area contributed by atoms with Crippen LogP contribution >= 0.6 is 0 Å². The van der Waals surface area contributed by atoms with Gasteiger partial charge in [-0.2, -0.15) is 0 Å². The molecule has 0 aliphatic heterocycles. The van der Waals surface area contributed by atoms with Crippen LogP contribution in [0.2, 0.25) is 0 Å². The molecule has 0 heterocycles. The van der Waals surface area contributed by atoms with Gasteiger partial charge >= 0.3 is 6.03 Å². The van der Waals surface area contributed by atoms with Crippen molar-refractivity contribution in [3.05, 3.63) is 71.5 Å². The van der Waals surface area contributed by atoms with Crippen molar-refractivity contribution in [3.8, 4) is 0 Å². The molecule has 4 nitrogen and oxygen atoms in total. The van der Waals surface area contributed by atoms with Gasteiger partial charge in [0.25, 0.3) is 0 Å². The van der Waals surface area contributed by atoms with Gasteiger partial charge < -0.3 is 15.7 Å². The highest BCUT2D eigenvalue weighted by molar-refractivity contribution is 5.73. The predicted octanol–water partition coefficient (Wildman–Crippen LogP) is 3.01. The average Bonchev–Trinajstić information content (AvgIpc) is 2.59. The van der Waals surface area contributed by atoms with Crippen molar-refractivity contribution in [1.29, 1.82) is 0 Å². The Kier molecular flexibility index (Phi) is 6.32. The molecule has 0 saturated carbocycles. The fourth-order valence-electron chi connectivity index (χ4n) is 2.26. The number of aryl methyl sites for hydroxylation is 1. The zero-order valence-corrected chi connectivity index (χ0v) is 13.8. The Labute approximate surface area is 141 Å². The summed E-state index contributed by atoms with van der Waals surface area (Å²) in [5, 5.41) is 15.7. The fraction of sp³-hybridized carbons (Fsp3) is 0.316. The Morgan fingerprint density at radius 2 is 1.71 bits per heavy atom. The molecule has 5 heteroatoms. The molecule has 2 aromatic carbocycles. The first-order chi connectivity index (χ1) is 11.4. The van der Waals surface area contributed by atoms with Crippen LogP contribution in [-0.4, -0.2) is 23.3 Å². The fourth-order valence-corrected chi connectivity index (χ4v) is 2.26. The van der Waals surface area contributed by atoms with Crippen LogP contribution in [-0.2, 0) is 13.0 Å². The summed E-state index contributed by atoms with van der Waals surface area (Å²) in [6, 6.07) is 15.5. The lowest BCUT2D eigenvalue weighted by Crippen LogP contribution is -2.44. The molecule has 24 heavy (non-hydrogen) atoms. The number of benzene rings is 2. The number of carbonyl (C=O) groups excluding carboxylic acids is 1.